The monoisotopic (exact) mass is 270 g/mol. The molecule has 1 atom stereocenters. The zero-order valence-electron chi connectivity index (χ0n) is 10.6. The predicted octanol–water partition coefficient (Wildman–Crippen LogP) is 2.05. The fourth-order valence-corrected chi connectivity index (χ4v) is 2.14. The molecular weight excluding hydrogens is 254 g/mol. The van der Waals surface area contributed by atoms with Crippen molar-refractivity contribution in [3.05, 3.63) is 23.8 Å². The van der Waals surface area contributed by atoms with Crippen LogP contribution in [0.5, 0.6) is 5.75 Å². The van der Waals surface area contributed by atoms with E-state index in [-0.39, 0.29) is 29.8 Å². The number of carbonyl (C=O) groups excluding carboxylic acids is 1. The summed E-state index contributed by atoms with van der Waals surface area (Å²) in [6, 6.07) is 1.96. The highest BCUT2D eigenvalue weighted by Crippen LogP contribution is 2.24. The van der Waals surface area contributed by atoms with Crippen LogP contribution in [0.2, 0.25) is 0 Å². The van der Waals surface area contributed by atoms with Crippen molar-refractivity contribution in [1.29, 1.82) is 0 Å². The van der Waals surface area contributed by atoms with Crippen molar-refractivity contribution in [3.8, 4) is 5.75 Å². The molecule has 1 saturated heterocycles. The number of anilines is 1. The van der Waals surface area contributed by atoms with E-state index < -0.39 is 11.6 Å². The van der Waals surface area contributed by atoms with Gasteiger partial charge >= 0.3 is 0 Å². The van der Waals surface area contributed by atoms with Gasteiger partial charge in [0.05, 0.1) is 12.8 Å². The number of benzene rings is 1. The van der Waals surface area contributed by atoms with E-state index in [0.29, 0.717) is 0 Å². The minimum absolute atomic E-state index is 0.117. The topological polar surface area (TPSA) is 50.4 Å². The van der Waals surface area contributed by atoms with Crippen LogP contribution in [-0.4, -0.2) is 25.6 Å². The zero-order chi connectivity index (χ0) is 13.8. The molecule has 0 bridgehead atoms. The Morgan fingerprint density at radius 2 is 2.26 bits per heavy atom. The van der Waals surface area contributed by atoms with E-state index in [0.717, 1.165) is 31.5 Å². The quantitative estimate of drug-likeness (QED) is 0.880. The third kappa shape index (κ3) is 3.41. The van der Waals surface area contributed by atoms with Gasteiger partial charge in [0.1, 0.15) is 0 Å². The summed E-state index contributed by atoms with van der Waals surface area (Å²) in [5, 5.41) is 5.55. The van der Waals surface area contributed by atoms with E-state index in [1.807, 2.05) is 0 Å². The molecule has 0 radical (unpaired) electrons. The molecule has 2 N–H and O–H groups in total. The van der Waals surface area contributed by atoms with Gasteiger partial charge in [0, 0.05) is 24.6 Å². The number of rotatable bonds is 4. The second-order valence-electron chi connectivity index (χ2n) is 4.51. The van der Waals surface area contributed by atoms with Crippen LogP contribution in [0.25, 0.3) is 0 Å². The van der Waals surface area contributed by atoms with Crippen LogP contribution < -0.4 is 15.4 Å². The highest BCUT2D eigenvalue weighted by Gasteiger charge is 2.19. The van der Waals surface area contributed by atoms with Crippen LogP contribution in [-0.2, 0) is 4.79 Å². The van der Waals surface area contributed by atoms with Crippen molar-refractivity contribution in [1.82, 2.24) is 5.32 Å². The van der Waals surface area contributed by atoms with Gasteiger partial charge in [0.15, 0.2) is 17.4 Å². The predicted molar refractivity (Wildman–Crippen MR) is 67.2 cm³/mol. The summed E-state index contributed by atoms with van der Waals surface area (Å²) < 4.78 is 31.7. The van der Waals surface area contributed by atoms with Crippen molar-refractivity contribution in [3.63, 3.8) is 0 Å². The van der Waals surface area contributed by atoms with E-state index >= 15 is 0 Å². The summed E-state index contributed by atoms with van der Waals surface area (Å²) in [6.07, 6.45) is 2.21. The first kappa shape index (κ1) is 13.7. The molecule has 4 nitrogen and oxygen atoms in total. The minimum Gasteiger partial charge on any atom is -0.494 e. The van der Waals surface area contributed by atoms with Gasteiger partial charge in [-0.1, -0.05) is 0 Å². The molecule has 19 heavy (non-hydrogen) atoms. The number of hydrogen-bond acceptors (Lipinski definition) is 3. The average molecular weight is 270 g/mol. The summed E-state index contributed by atoms with van der Waals surface area (Å²) in [4.78, 5) is 11.7. The molecule has 0 spiro atoms. The second kappa shape index (κ2) is 5.97. The first-order valence-corrected chi connectivity index (χ1v) is 6.16. The van der Waals surface area contributed by atoms with Gasteiger partial charge in [-0.3, -0.25) is 4.79 Å². The van der Waals surface area contributed by atoms with Crippen molar-refractivity contribution >= 4 is 11.6 Å². The van der Waals surface area contributed by atoms with Crippen molar-refractivity contribution in [2.24, 2.45) is 0 Å². The van der Waals surface area contributed by atoms with E-state index in [9.17, 15) is 13.6 Å². The largest absolute Gasteiger partial charge is 0.494 e. The smallest absolute Gasteiger partial charge is 0.226 e. The Bertz CT molecular complexity index is 474. The molecular formula is C13H16F2N2O2. The molecule has 1 fully saturated rings. The number of ether oxygens (including phenoxy) is 1. The molecule has 104 valence electrons. The van der Waals surface area contributed by atoms with Gasteiger partial charge in [-0.15, -0.1) is 0 Å². The number of methoxy groups -OCH3 is 1. The lowest BCUT2D eigenvalue weighted by Gasteiger charge is -2.12. The van der Waals surface area contributed by atoms with E-state index in [1.165, 1.54) is 7.11 Å². The Hall–Kier alpha value is -1.69. The van der Waals surface area contributed by atoms with Gasteiger partial charge in [-0.2, -0.15) is 0 Å². The Morgan fingerprint density at radius 3 is 2.89 bits per heavy atom. The third-order valence-electron chi connectivity index (χ3n) is 3.11. The number of halogens is 2. The summed E-state index contributed by atoms with van der Waals surface area (Å²) in [7, 11) is 1.25. The average Bonchev–Trinajstić information content (AvgIpc) is 2.86. The number of hydrogen-bond donors (Lipinski definition) is 2. The fourth-order valence-electron chi connectivity index (χ4n) is 2.14. The highest BCUT2D eigenvalue weighted by molar-refractivity contribution is 5.91. The van der Waals surface area contributed by atoms with Crippen LogP contribution in [0.15, 0.2) is 12.1 Å². The number of nitrogens with one attached hydrogen (secondary N) is 2. The Labute approximate surface area is 110 Å². The molecule has 1 unspecified atom stereocenters. The Kier molecular flexibility index (Phi) is 4.31. The summed E-state index contributed by atoms with van der Waals surface area (Å²) >= 11 is 0. The molecule has 2 rings (SSSR count). The molecule has 1 aromatic rings. The lowest BCUT2D eigenvalue weighted by atomic mass is 10.1. The lowest BCUT2D eigenvalue weighted by Crippen LogP contribution is -2.27. The molecule has 1 aromatic carbocycles. The third-order valence-corrected chi connectivity index (χ3v) is 3.11. The van der Waals surface area contributed by atoms with E-state index in [2.05, 4.69) is 15.4 Å². The van der Waals surface area contributed by atoms with Gasteiger partial charge in [0.25, 0.3) is 0 Å². The van der Waals surface area contributed by atoms with Crippen LogP contribution in [0, 0.1) is 11.6 Å². The molecule has 1 amide bonds. The number of carbonyl (C=O) groups is 1. The molecule has 0 aromatic heterocycles. The Balaban J connectivity index is 2.01. The summed E-state index contributed by atoms with van der Waals surface area (Å²) in [5.74, 6) is -1.94. The van der Waals surface area contributed by atoms with Gasteiger partial charge in [0.2, 0.25) is 5.91 Å². The van der Waals surface area contributed by atoms with Crippen LogP contribution in [0.1, 0.15) is 19.3 Å². The normalized spacial score (nSPS) is 18.4. The second-order valence-corrected chi connectivity index (χ2v) is 4.51. The first-order chi connectivity index (χ1) is 9.10. The molecule has 1 heterocycles. The zero-order valence-corrected chi connectivity index (χ0v) is 10.6. The SMILES string of the molecule is COc1cc(F)c(NC(=O)CC2CCCN2)cc1F. The van der Waals surface area contributed by atoms with Crippen LogP contribution in [0.3, 0.4) is 0 Å². The molecule has 1 aliphatic heterocycles. The maximum absolute atomic E-state index is 13.6. The minimum atomic E-state index is -0.717. The van der Waals surface area contributed by atoms with Gasteiger partial charge in [-0.05, 0) is 19.4 Å². The maximum Gasteiger partial charge on any atom is 0.226 e. The van der Waals surface area contributed by atoms with Crippen LogP contribution in [0.4, 0.5) is 14.5 Å². The van der Waals surface area contributed by atoms with Gasteiger partial charge in [-0.25, -0.2) is 8.78 Å². The van der Waals surface area contributed by atoms with Crippen LogP contribution >= 0.6 is 0 Å². The summed E-state index contributed by atoms with van der Waals surface area (Å²) in [6.45, 7) is 0.892. The van der Waals surface area contributed by atoms with E-state index in [4.69, 9.17) is 0 Å². The van der Waals surface area contributed by atoms with Crippen molar-refractivity contribution in [2.45, 2.75) is 25.3 Å². The molecule has 0 saturated carbocycles. The Morgan fingerprint density at radius 1 is 1.47 bits per heavy atom. The van der Waals surface area contributed by atoms with E-state index in [1.54, 1.807) is 0 Å². The van der Waals surface area contributed by atoms with Crippen molar-refractivity contribution in [2.75, 3.05) is 19.0 Å². The molecule has 0 aliphatic carbocycles. The first-order valence-electron chi connectivity index (χ1n) is 6.16. The lowest BCUT2D eigenvalue weighted by molar-refractivity contribution is -0.116. The standard InChI is InChI=1S/C13H16F2N2O2/c1-19-12-7-9(14)11(6-10(12)15)17-13(18)5-8-3-2-4-16-8/h6-8,16H,2-5H2,1H3,(H,17,18). The fraction of sp³-hybridized carbons (Fsp3) is 0.462. The number of amides is 1. The molecule has 6 heteroatoms. The van der Waals surface area contributed by atoms with Crippen molar-refractivity contribution < 1.29 is 18.3 Å². The maximum atomic E-state index is 13.6. The molecule has 1 aliphatic rings. The summed E-state index contributed by atoms with van der Waals surface area (Å²) in [5.41, 5.74) is -0.165. The highest BCUT2D eigenvalue weighted by atomic mass is 19.1. The van der Waals surface area contributed by atoms with Gasteiger partial charge < -0.3 is 15.4 Å².